The number of aliphatic hydroxyl groups is 1. The van der Waals surface area contributed by atoms with Gasteiger partial charge in [-0.1, -0.05) is 6.07 Å². The van der Waals surface area contributed by atoms with Crippen molar-refractivity contribution in [2.24, 2.45) is 0 Å². The molecule has 4 N–H and O–H groups in total. The van der Waals surface area contributed by atoms with Crippen LogP contribution in [0.4, 0.5) is 10.5 Å². The third-order valence-electron chi connectivity index (χ3n) is 4.96. The van der Waals surface area contributed by atoms with Crippen LogP contribution in [0.25, 0.3) is 0 Å². The van der Waals surface area contributed by atoms with Gasteiger partial charge in [-0.25, -0.2) is 14.8 Å². The standard InChI is InChI=1S/C21H27N5O5/c1-30-16-4-2-3-14(9-16)25-21(29)26-18-6-5-17(31-19(18)12-27)10-20(28)23-11-15-7-8-22-13-24-15/h2-4,7-9,13,17-19,27H,5-6,10-12H2,1H3,(H,23,28)(H2,25,26,29)/t17-,18-,19+/m0/s1. The molecule has 1 aromatic carbocycles. The average Bonchev–Trinajstić information content (AvgIpc) is 2.79. The zero-order valence-electron chi connectivity index (χ0n) is 17.3. The van der Waals surface area contributed by atoms with Gasteiger partial charge in [0.15, 0.2) is 0 Å². The molecule has 166 valence electrons. The van der Waals surface area contributed by atoms with E-state index in [2.05, 4.69) is 25.9 Å². The summed E-state index contributed by atoms with van der Waals surface area (Å²) in [6.07, 6.45) is 3.45. The van der Waals surface area contributed by atoms with E-state index in [9.17, 15) is 14.7 Å². The first-order valence-corrected chi connectivity index (χ1v) is 10.1. The highest BCUT2D eigenvalue weighted by molar-refractivity contribution is 5.89. The summed E-state index contributed by atoms with van der Waals surface area (Å²) in [7, 11) is 1.55. The molecule has 0 unspecified atom stereocenters. The van der Waals surface area contributed by atoms with Gasteiger partial charge in [0.2, 0.25) is 5.91 Å². The number of carbonyl (C=O) groups is 2. The molecule has 0 aliphatic carbocycles. The number of rotatable bonds is 8. The van der Waals surface area contributed by atoms with Crippen molar-refractivity contribution in [1.29, 1.82) is 0 Å². The van der Waals surface area contributed by atoms with Gasteiger partial charge in [0.25, 0.3) is 0 Å². The molecule has 2 aromatic rings. The maximum atomic E-state index is 12.3. The second-order valence-corrected chi connectivity index (χ2v) is 7.17. The molecule has 1 fully saturated rings. The first kappa shape index (κ1) is 22.4. The summed E-state index contributed by atoms with van der Waals surface area (Å²) in [6, 6.07) is 7.97. The van der Waals surface area contributed by atoms with Crippen LogP contribution in [0.1, 0.15) is 25.0 Å². The summed E-state index contributed by atoms with van der Waals surface area (Å²) in [5.74, 6) is 0.468. The molecule has 3 rings (SSSR count). The monoisotopic (exact) mass is 429 g/mol. The molecule has 1 aliphatic heterocycles. The fraction of sp³-hybridized carbons (Fsp3) is 0.429. The minimum absolute atomic E-state index is 0.164. The molecule has 0 bridgehead atoms. The Labute approximate surface area is 180 Å². The fourth-order valence-electron chi connectivity index (χ4n) is 3.37. The lowest BCUT2D eigenvalue weighted by Crippen LogP contribution is -2.52. The molecule has 0 saturated carbocycles. The van der Waals surface area contributed by atoms with E-state index in [4.69, 9.17) is 9.47 Å². The lowest BCUT2D eigenvalue weighted by atomic mass is 9.97. The van der Waals surface area contributed by atoms with Crippen LogP contribution in [-0.4, -0.2) is 59.0 Å². The topological polar surface area (TPSA) is 135 Å². The van der Waals surface area contributed by atoms with Gasteiger partial charge in [-0.3, -0.25) is 4.79 Å². The number of hydrogen-bond acceptors (Lipinski definition) is 7. The van der Waals surface area contributed by atoms with Gasteiger partial charge in [0.05, 0.1) is 44.5 Å². The second kappa shape index (κ2) is 11.2. The van der Waals surface area contributed by atoms with Gasteiger partial charge in [-0.2, -0.15) is 0 Å². The number of methoxy groups -OCH3 is 1. The van der Waals surface area contributed by atoms with Crippen LogP contribution in [0.5, 0.6) is 5.75 Å². The number of carbonyl (C=O) groups excluding carboxylic acids is 2. The summed E-state index contributed by atoms with van der Waals surface area (Å²) in [6.45, 7) is 0.0509. The normalized spacial score (nSPS) is 20.5. The number of aromatic nitrogens is 2. The zero-order valence-corrected chi connectivity index (χ0v) is 17.3. The number of nitrogens with one attached hydrogen (secondary N) is 3. The largest absolute Gasteiger partial charge is 0.497 e. The Morgan fingerprint density at radius 1 is 1.29 bits per heavy atom. The highest BCUT2D eigenvalue weighted by atomic mass is 16.5. The lowest BCUT2D eigenvalue weighted by molar-refractivity contribution is -0.130. The Balaban J connectivity index is 1.45. The number of benzene rings is 1. The first-order chi connectivity index (χ1) is 15.1. The van der Waals surface area contributed by atoms with Crippen molar-refractivity contribution < 1.29 is 24.2 Å². The summed E-state index contributed by atoms with van der Waals surface area (Å²) in [5.41, 5.74) is 1.31. The molecule has 31 heavy (non-hydrogen) atoms. The first-order valence-electron chi connectivity index (χ1n) is 10.1. The van der Waals surface area contributed by atoms with Crippen molar-refractivity contribution in [3.8, 4) is 5.75 Å². The van der Waals surface area contributed by atoms with Crippen LogP contribution in [0, 0.1) is 0 Å². The summed E-state index contributed by atoms with van der Waals surface area (Å²) in [5, 5.41) is 18.1. The van der Waals surface area contributed by atoms with Gasteiger partial charge >= 0.3 is 6.03 Å². The van der Waals surface area contributed by atoms with Crippen molar-refractivity contribution in [2.75, 3.05) is 19.0 Å². The fourth-order valence-corrected chi connectivity index (χ4v) is 3.37. The molecule has 3 atom stereocenters. The van der Waals surface area contributed by atoms with Gasteiger partial charge in [-0.15, -0.1) is 0 Å². The third-order valence-corrected chi connectivity index (χ3v) is 4.96. The lowest BCUT2D eigenvalue weighted by Gasteiger charge is -2.35. The van der Waals surface area contributed by atoms with Crippen LogP contribution in [-0.2, 0) is 16.1 Å². The molecule has 0 spiro atoms. The van der Waals surface area contributed by atoms with Crippen LogP contribution in [0.3, 0.4) is 0 Å². The molecule has 1 saturated heterocycles. The van der Waals surface area contributed by atoms with Gasteiger partial charge in [0, 0.05) is 18.0 Å². The molecule has 2 heterocycles. The van der Waals surface area contributed by atoms with E-state index in [1.807, 2.05) is 0 Å². The van der Waals surface area contributed by atoms with E-state index in [0.717, 1.165) is 0 Å². The Kier molecular flexibility index (Phi) is 8.13. The van der Waals surface area contributed by atoms with Gasteiger partial charge < -0.3 is 30.5 Å². The average molecular weight is 429 g/mol. The molecular formula is C21H27N5O5. The molecule has 10 nitrogen and oxygen atoms in total. The maximum absolute atomic E-state index is 12.3. The Morgan fingerprint density at radius 2 is 2.16 bits per heavy atom. The quantitative estimate of drug-likeness (QED) is 0.496. The Hall–Kier alpha value is -3.24. The van der Waals surface area contributed by atoms with Crippen molar-refractivity contribution >= 4 is 17.6 Å². The summed E-state index contributed by atoms with van der Waals surface area (Å²) >= 11 is 0. The molecule has 1 aromatic heterocycles. The van der Waals surface area contributed by atoms with Gasteiger partial charge in [0.1, 0.15) is 18.2 Å². The molecule has 10 heteroatoms. The third kappa shape index (κ3) is 6.90. The highest BCUT2D eigenvalue weighted by Crippen LogP contribution is 2.22. The van der Waals surface area contributed by atoms with E-state index < -0.39 is 12.1 Å². The maximum Gasteiger partial charge on any atom is 0.319 e. The van der Waals surface area contributed by atoms with Crippen molar-refractivity contribution in [1.82, 2.24) is 20.6 Å². The number of amides is 3. The Morgan fingerprint density at radius 3 is 2.90 bits per heavy atom. The zero-order chi connectivity index (χ0) is 22.1. The van der Waals surface area contributed by atoms with E-state index in [1.54, 1.807) is 43.6 Å². The smallest absolute Gasteiger partial charge is 0.319 e. The summed E-state index contributed by atoms with van der Waals surface area (Å²) in [4.78, 5) is 32.4. The van der Waals surface area contributed by atoms with Gasteiger partial charge in [-0.05, 0) is 31.0 Å². The predicted octanol–water partition coefficient (Wildman–Crippen LogP) is 1.22. The minimum Gasteiger partial charge on any atom is -0.497 e. The molecule has 1 aliphatic rings. The van der Waals surface area contributed by atoms with Crippen molar-refractivity contribution in [2.45, 2.75) is 44.1 Å². The number of aliphatic hydroxyl groups excluding tert-OH is 1. The van der Waals surface area contributed by atoms with Crippen LogP contribution < -0.4 is 20.7 Å². The number of hydrogen-bond donors (Lipinski definition) is 4. The van der Waals surface area contributed by atoms with Crippen LogP contribution in [0.2, 0.25) is 0 Å². The van der Waals surface area contributed by atoms with Crippen molar-refractivity contribution in [3.05, 3.63) is 48.5 Å². The summed E-state index contributed by atoms with van der Waals surface area (Å²) < 4.78 is 11.0. The number of anilines is 1. The molecular weight excluding hydrogens is 402 g/mol. The van der Waals surface area contributed by atoms with Crippen LogP contribution in [0.15, 0.2) is 42.9 Å². The number of ether oxygens (including phenoxy) is 2. The van der Waals surface area contributed by atoms with Crippen molar-refractivity contribution in [3.63, 3.8) is 0 Å². The number of nitrogens with zero attached hydrogens (tertiary/aromatic N) is 2. The SMILES string of the molecule is COc1cccc(NC(=O)N[C@H]2CC[C@@H](CC(=O)NCc3ccncn3)O[C@@H]2CO)c1. The second-order valence-electron chi connectivity index (χ2n) is 7.17. The minimum atomic E-state index is -0.593. The van der Waals surface area contributed by atoms with E-state index >= 15 is 0 Å². The molecule has 3 amide bonds. The Bertz CT molecular complexity index is 866. The number of urea groups is 1. The molecule has 0 radical (unpaired) electrons. The predicted molar refractivity (Wildman–Crippen MR) is 112 cm³/mol. The van der Waals surface area contributed by atoms with E-state index in [-0.39, 0.29) is 31.1 Å². The van der Waals surface area contributed by atoms with Crippen LogP contribution >= 0.6 is 0 Å². The van der Waals surface area contributed by atoms with E-state index in [0.29, 0.717) is 36.5 Å². The highest BCUT2D eigenvalue weighted by Gasteiger charge is 2.32. The van der Waals surface area contributed by atoms with E-state index in [1.165, 1.54) is 6.33 Å².